The summed E-state index contributed by atoms with van der Waals surface area (Å²) in [5.41, 5.74) is 1.01. The molecule has 3 nitrogen and oxygen atoms in total. The van der Waals surface area contributed by atoms with Gasteiger partial charge >= 0.3 is 0 Å². The van der Waals surface area contributed by atoms with Crippen molar-refractivity contribution in [2.75, 3.05) is 6.54 Å². The first kappa shape index (κ1) is 11.8. The molecule has 0 amide bonds. The Balaban J connectivity index is 2.35. The lowest BCUT2D eigenvalue weighted by Crippen LogP contribution is -2.12. The maximum Gasteiger partial charge on any atom is 0.215 e. The number of nitro groups is 1. The molecule has 0 N–H and O–H groups in total. The lowest BCUT2D eigenvalue weighted by molar-refractivity contribution is -0.481. The number of aryl methyl sites for hydroxylation is 1. The molecular formula is C13H13NO2S. The molecular weight excluding hydrogens is 234 g/mol. The molecule has 88 valence electrons. The van der Waals surface area contributed by atoms with E-state index < -0.39 is 0 Å². The molecule has 1 aromatic carbocycles. The molecule has 1 heterocycles. The van der Waals surface area contributed by atoms with E-state index in [-0.39, 0.29) is 17.4 Å². The highest BCUT2D eigenvalue weighted by Gasteiger charge is 2.21. The second-order valence-corrected chi connectivity index (χ2v) is 5.25. The fourth-order valence-electron chi connectivity index (χ4n) is 1.83. The first-order valence-corrected chi connectivity index (χ1v) is 6.21. The Hall–Kier alpha value is -1.68. The normalized spacial score (nSPS) is 12.3. The van der Waals surface area contributed by atoms with E-state index in [4.69, 9.17) is 0 Å². The van der Waals surface area contributed by atoms with Gasteiger partial charge in [-0.3, -0.25) is 10.1 Å². The summed E-state index contributed by atoms with van der Waals surface area (Å²) in [6, 6.07) is 13.7. The smallest absolute Gasteiger partial charge is 0.215 e. The molecule has 0 spiro atoms. The summed E-state index contributed by atoms with van der Waals surface area (Å²) in [4.78, 5) is 12.8. The van der Waals surface area contributed by atoms with Crippen LogP contribution in [-0.2, 0) is 0 Å². The third-order valence-corrected chi connectivity index (χ3v) is 3.75. The Morgan fingerprint density at radius 3 is 2.47 bits per heavy atom. The van der Waals surface area contributed by atoms with Crippen LogP contribution in [-0.4, -0.2) is 11.5 Å². The maximum absolute atomic E-state index is 10.8. The first-order chi connectivity index (χ1) is 8.16. The summed E-state index contributed by atoms with van der Waals surface area (Å²) in [7, 11) is 0. The van der Waals surface area contributed by atoms with Gasteiger partial charge in [-0.15, -0.1) is 11.3 Å². The van der Waals surface area contributed by atoms with E-state index in [1.807, 2.05) is 49.4 Å². The zero-order chi connectivity index (χ0) is 12.3. The molecule has 0 saturated carbocycles. The lowest BCUT2D eigenvalue weighted by Gasteiger charge is -2.11. The van der Waals surface area contributed by atoms with Gasteiger partial charge in [0.1, 0.15) is 0 Å². The SMILES string of the molecule is Cc1ccc(C(C[N+](=O)[O-])c2ccccc2)s1. The minimum atomic E-state index is -0.243. The molecule has 0 saturated heterocycles. The first-order valence-electron chi connectivity index (χ1n) is 5.40. The van der Waals surface area contributed by atoms with Gasteiger partial charge in [-0.25, -0.2) is 0 Å². The molecule has 17 heavy (non-hydrogen) atoms. The molecule has 4 heteroatoms. The number of nitrogens with zero attached hydrogens (tertiary/aromatic N) is 1. The predicted molar refractivity (Wildman–Crippen MR) is 69.2 cm³/mol. The molecule has 0 aliphatic carbocycles. The van der Waals surface area contributed by atoms with Gasteiger partial charge in [-0.05, 0) is 24.6 Å². The zero-order valence-corrected chi connectivity index (χ0v) is 10.3. The Labute approximate surface area is 104 Å². The predicted octanol–water partition coefficient (Wildman–Crippen LogP) is 3.47. The highest BCUT2D eigenvalue weighted by Crippen LogP contribution is 2.30. The van der Waals surface area contributed by atoms with Crippen LogP contribution in [0.15, 0.2) is 42.5 Å². The van der Waals surface area contributed by atoms with Crippen molar-refractivity contribution in [1.82, 2.24) is 0 Å². The van der Waals surface area contributed by atoms with Gasteiger partial charge in [0.2, 0.25) is 6.54 Å². The van der Waals surface area contributed by atoms with Gasteiger partial charge in [-0.1, -0.05) is 30.3 Å². The molecule has 1 aromatic heterocycles. The van der Waals surface area contributed by atoms with Crippen molar-refractivity contribution < 1.29 is 4.92 Å². The van der Waals surface area contributed by atoms with Crippen LogP contribution in [0.2, 0.25) is 0 Å². The van der Waals surface area contributed by atoms with Gasteiger partial charge in [0.05, 0.1) is 5.92 Å². The quantitative estimate of drug-likeness (QED) is 0.613. The van der Waals surface area contributed by atoms with Crippen molar-refractivity contribution in [3.05, 3.63) is 67.9 Å². The Morgan fingerprint density at radius 1 is 1.24 bits per heavy atom. The molecule has 0 aliphatic rings. The summed E-state index contributed by atoms with van der Waals surface area (Å²) in [6.45, 7) is 1.96. The molecule has 0 fully saturated rings. The standard InChI is InChI=1S/C13H13NO2S/c1-10-7-8-13(17-10)12(9-14(15)16)11-5-3-2-4-6-11/h2-8,12H,9H2,1H3. The highest BCUT2D eigenvalue weighted by atomic mass is 32.1. The third kappa shape index (κ3) is 2.91. The number of thiophene rings is 1. The van der Waals surface area contributed by atoms with Gasteiger partial charge in [-0.2, -0.15) is 0 Å². The van der Waals surface area contributed by atoms with Crippen molar-refractivity contribution in [3.63, 3.8) is 0 Å². The fourth-order valence-corrected chi connectivity index (χ4v) is 2.83. The summed E-state index contributed by atoms with van der Waals surface area (Å²) in [5, 5.41) is 10.8. The average Bonchev–Trinajstić information content (AvgIpc) is 2.73. The molecule has 0 radical (unpaired) electrons. The van der Waals surface area contributed by atoms with Crippen LogP contribution >= 0.6 is 11.3 Å². The van der Waals surface area contributed by atoms with Gasteiger partial charge in [0.25, 0.3) is 0 Å². The van der Waals surface area contributed by atoms with Crippen molar-refractivity contribution in [3.8, 4) is 0 Å². The summed E-state index contributed by atoms with van der Waals surface area (Å²) < 4.78 is 0. The van der Waals surface area contributed by atoms with Gasteiger partial charge in [0, 0.05) is 14.7 Å². The van der Waals surface area contributed by atoms with E-state index in [1.54, 1.807) is 11.3 Å². The van der Waals surface area contributed by atoms with E-state index in [0.29, 0.717) is 0 Å². The Morgan fingerprint density at radius 2 is 1.94 bits per heavy atom. The largest absolute Gasteiger partial charge is 0.265 e. The Kier molecular flexibility index (Phi) is 3.54. The van der Waals surface area contributed by atoms with Crippen molar-refractivity contribution in [2.24, 2.45) is 0 Å². The highest BCUT2D eigenvalue weighted by molar-refractivity contribution is 7.12. The monoisotopic (exact) mass is 247 g/mol. The second-order valence-electron chi connectivity index (χ2n) is 3.93. The number of benzene rings is 1. The van der Waals surface area contributed by atoms with Gasteiger partial charge in [0.15, 0.2) is 0 Å². The van der Waals surface area contributed by atoms with Crippen LogP contribution < -0.4 is 0 Å². The van der Waals surface area contributed by atoms with E-state index in [9.17, 15) is 10.1 Å². The lowest BCUT2D eigenvalue weighted by atomic mass is 9.98. The maximum atomic E-state index is 10.8. The summed E-state index contributed by atoms with van der Waals surface area (Å²) in [6.07, 6.45) is 0. The molecule has 2 aromatic rings. The molecule has 1 unspecified atom stereocenters. The topological polar surface area (TPSA) is 43.1 Å². The second kappa shape index (κ2) is 5.10. The molecule has 0 aliphatic heterocycles. The van der Waals surface area contributed by atoms with Crippen LogP contribution in [0.4, 0.5) is 0 Å². The molecule has 1 atom stereocenters. The van der Waals surface area contributed by atoms with Crippen LogP contribution in [0.3, 0.4) is 0 Å². The third-order valence-electron chi connectivity index (χ3n) is 2.64. The Bertz CT molecular complexity index is 507. The van der Waals surface area contributed by atoms with Crippen LogP contribution in [0.5, 0.6) is 0 Å². The summed E-state index contributed by atoms with van der Waals surface area (Å²) in [5.74, 6) is -0.134. The van der Waals surface area contributed by atoms with Crippen LogP contribution in [0.25, 0.3) is 0 Å². The van der Waals surface area contributed by atoms with Crippen molar-refractivity contribution in [2.45, 2.75) is 12.8 Å². The van der Waals surface area contributed by atoms with E-state index in [2.05, 4.69) is 0 Å². The van der Waals surface area contributed by atoms with Gasteiger partial charge < -0.3 is 0 Å². The average molecular weight is 247 g/mol. The minimum Gasteiger partial charge on any atom is -0.265 e. The van der Waals surface area contributed by atoms with E-state index in [1.165, 1.54) is 4.88 Å². The molecule has 2 rings (SSSR count). The zero-order valence-electron chi connectivity index (χ0n) is 9.50. The van der Waals surface area contributed by atoms with Crippen molar-refractivity contribution >= 4 is 11.3 Å². The number of hydrogen-bond donors (Lipinski definition) is 0. The number of rotatable bonds is 4. The summed E-state index contributed by atoms with van der Waals surface area (Å²) >= 11 is 1.63. The molecule has 0 bridgehead atoms. The van der Waals surface area contributed by atoms with Crippen molar-refractivity contribution in [1.29, 1.82) is 0 Å². The van der Waals surface area contributed by atoms with Crippen LogP contribution in [0, 0.1) is 17.0 Å². The number of hydrogen-bond acceptors (Lipinski definition) is 3. The van der Waals surface area contributed by atoms with Crippen LogP contribution in [0.1, 0.15) is 21.2 Å². The van der Waals surface area contributed by atoms with E-state index >= 15 is 0 Å². The minimum absolute atomic E-state index is 0.0516. The van der Waals surface area contributed by atoms with E-state index in [0.717, 1.165) is 10.4 Å². The fraction of sp³-hybridized carbons (Fsp3) is 0.231.